The van der Waals surface area contributed by atoms with Crippen LogP contribution in [0.15, 0.2) is 0 Å². The summed E-state index contributed by atoms with van der Waals surface area (Å²) < 4.78 is 5.51. The van der Waals surface area contributed by atoms with Gasteiger partial charge in [-0.15, -0.1) is 0 Å². The van der Waals surface area contributed by atoms with E-state index in [4.69, 9.17) is 10.5 Å². The standard InChI is InChI=1S/C15H32N2O/c1-11(2)14(12(3)4)8-17-15(5,10-16)13-6-7-18-9-13/h11-14,17H,6-10,16H2,1-5H3. The van der Waals surface area contributed by atoms with E-state index in [1.165, 1.54) is 0 Å². The molecular formula is C15H32N2O. The molecule has 1 aliphatic heterocycles. The first-order valence-corrected chi connectivity index (χ1v) is 7.43. The van der Waals surface area contributed by atoms with Crippen LogP contribution in [0.3, 0.4) is 0 Å². The van der Waals surface area contributed by atoms with Crippen LogP contribution in [0.2, 0.25) is 0 Å². The SMILES string of the molecule is CC(C)C(CNC(C)(CN)C1CCOC1)C(C)C. The second-order valence-electron chi connectivity index (χ2n) is 6.71. The van der Waals surface area contributed by atoms with Gasteiger partial charge in [-0.25, -0.2) is 0 Å². The van der Waals surface area contributed by atoms with Gasteiger partial charge in [0.25, 0.3) is 0 Å². The van der Waals surface area contributed by atoms with Crippen molar-refractivity contribution in [1.82, 2.24) is 5.32 Å². The summed E-state index contributed by atoms with van der Waals surface area (Å²) in [5, 5.41) is 3.75. The highest BCUT2D eigenvalue weighted by Crippen LogP contribution is 2.27. The summed E-state index contributed by atoms with van der Waals surface area (Å²) >= 11 is 0. The van der Waals surface area contributed by atoms with Crippen LogP contribution in [0.1, 0.15) is 41.0 Å². The number of hydrogen-bond donors (Lipinski definition) is 2. The van der Waals surface area contributed by atoms with Crippen molar-refractivity contribution < 1.29 is 4.74 Å². The Hall–Kier alpha value is -0.120. The summed E-state index contributed by atoms with van der Waals surface area (Å²) in [5.41, 5.74) is 6.03. The van der Waals surface area contributed by atoms with Crippen molar-refractivity contribution in [2.24, 2.45) is 29.4 Å². The van der Waals surface area contributed by atoms with Gasteiger partial charge in [0.1, 0.15) is 0 Å². The molecule has 0 aliphatic carbocycles. The molecule has 0 amide bonds. The highest BCUT2D eigenvalue weighted by molar-refractivity contribution is 4.94. The van der Waals surface area contributed by atoms with Gasteiger partial charge in [-0.05, 0) is 37.6 Å². The Morgan fingerprint density at radius 1 is 1.28 bits per heavy atom. The first-order chi connectivity index (χ1) is 8.40. The lowest BCUT2D eigenvalue weighted by Crippen LogP contribution is -2.56. The van der Waals surface area contributed by atoms with E-state index >= 15 is 0 Å². The molecule has 1 saturated heterocycles. The van der Waals surface area contributed by atoms with Crippen molar-refractivity contribution in [2.45, 2.75) is 46.6 Å². The topological polar surface area (TPSA) is 47.3 Å². The van der Waals surface area contributed by atoms with Crippen molar-refractivity contribution in [3.8, 4) is 0 Å². The second kappa shape index (κ2) is 6.88. The quantitative estimate of drug-likeness (QED) is 0.734. The fourth-order valence-electron chi connectivity index (χ4n) is 3.01. The molecule has 1 rings (SSSR count). The third-order valence-corrected chi connectivity index (χ3v) is 4.71. The maximum Gasteiger partial charge on any atom is 0.0513 e. The maximum absolute atomic E-state index is 6.01. The molecule has 3 nitrogen and oxygen atoms in total. The van der Waals surface area contributed by atoms with Crippen molar-refractivity contribution in [2.75, 3.05) is 26.3 Å². The van der Waals surface area contributed by atoms with Crippen molar-refractivity contribution >= 4 is 0 Å². The highest BCUT2D eigenvalue weighted by Gasteiger charge is 2.36. The average molecular weight is 256 g/mol. The van der Waals surface area contributed by atoms with Crippen molar-refractivity contribution in [3.63, 3.8) is 0 Å². The summed E-state index contributed by atoms with van der Waals surface area (Å²) in [4.78, 5) is 0. The number of ether oxygens (including phenoxy) is 1. The van der Waals surface area contributed by atoms with Crippen LogP contribution in [-0.4, -0.2) is 31.8 Å². The Balaban J connectivity index is 2.56. The molecule has 0 radical (unpaired) electrons. The van der Waals surface area contributed by atoms with Gasteiger partial charge in [-0.1, -0.05) is 27.7 Å². The fourth-order valence-corrected chi connectivity index (χ4v) is 3.01. The van der Waals surface area contributed by atoms with Crippen LogP contribution in [0.4, 0.5) is 0 Å². The van der Waals surface area contributed by atoms with E-state index in [-0.39, 0.29) is 5.54 Å². The monoisotopic (exact) mass is 256 g/mol. The number of rotatable bonds is 7. The van der Waals surface area contributed by atoms with Gasteiger partial charge < -0.3 is 15.8 Å². The van der Waals surface area contributed by atoms with Crippen LogP contribution >= 0.6 is 0 Å². The summed E-state index contributed by atoms with van der Waals surface area (Å²) in [6.07, 6.45) is 1.13. The molecule has 1 fully saturated rings. The fraction of sp³-hybridized carbons (Fsp3) is 1.00. The Bertz CT molecular complexity index is 229. The third-order valence-electron chi connectivity index (χ3n) is 4.71. The summed E-state index contributed by atoms with van der Waals surface area (Å²) in [6, 6.07) is 0. The van der Waals surface area contributed by atoms with Crippen molar-refractivity contribution in [1.29, 1.82) is 0 Å². The van der Waals surface area contributed by atoms with Crippen LogP contribution in [-0.2, 0) is 4.74 Å². The largest absolute Gasteiger partial charge is 0.381 e. The molecule has 2 atom stereocenters. The summed E-state index contributed by atoms with van der Waals surface area (Å²) in [6.45, 7) is 15.0. The Morgan fingerprint density at radius 2 is 1.89 bits per heavy atom. The van der Waals surface area contributed by atoms with Crippen LogP contribution in [0.5, 0.6) is 0 Å². The predicted molar refractivity (Wildman–Crippen MR) is 77.6 cm³/mol. The number of nitrogens with two attached hydrogens (primary N) is 1. The van der Waals surface area contributed by atoms with Gasteiger partial charge in [-0.2, -0.15) is 0 Å². The van der Waals surface area contributed by atoms with Crippen LogP contribution < -0.4 is 11.1 Å². The Morgan fingerprint density at radius 3 is 2.28 bits per heavy atom. The molecule has 1 heterocycles. The lowest BCUT2D eigenvalue weighted by atomic mass is 9.81. The van der Waals surface area contributed by atoms with E-state index in [1.807, 2.05) is 0 Å². The molecule has 0 saturated carbocycles. The molecule has 0 aromatic carbocycles. The smallest absolute Gasteiger partial charge is 0.0513 e. The summed E-state index contributed by atoms with van der Waals surface area (Å²) in [5.74, 6) is 2.68. The Kier molecular flexibility index (Phi) is 6.09. The molecule has 1 aliphatic rings. The molecule has 0 aromatic heterocycles. The normalized spacial score (nSPS) is 24.2. The van der Waals surface area contributed by atoms with E-state index in [0.29, 0.717) is 30.2 Å². The number of nitrogens with one attached hydrogen (secondary N) is 1. The van der Waals surface area contributed by atoms with Gasteiger partial charge >= 0.3 is 0 Å². The van der Waals surface area contributed by atoms with E-state index < -0.39 is 0 Å². The van der Waals surface area contributed by atoms with Gasteiger partial charge in [0.05, 0.1) is 6.61 Å². The lowest BCUT2D eigenvalue weighted by molar-refractivity contribution is 0.145. The summed E-state index contributed by atoms with van der Waals surface area (Å²) in [7, 11) is 0. The van der Waals surface area contributed by atoms with Gasteiger partial charge in [0, 0.05) is 24.6 Å². The minimum atomic E-state index is 0.0263. The zero-order chi connectivity index (χ0) is 13.8. The highest BCUT2D eigenvalue weighted by atomic mass is 16.5. The van der Waals surface area contributed by atoms with Crippen LogP contribution in [0.25, 0.3) is 0 Å². The molecule has 2 unspecified atom stereocenters. The van der Waals surface area contributed by atoms with E-state index in [0.717, 1.165) is 26.2 Å². The molecule has 108 valence electrons. The second-order valence-corrected chi connectivity index (χ2v) is 6.71. The van der Waals surface area contributed by atoms with Gasteiger partial charge in [0.15, 0.2) is 0 Å². The zero-order valence-corrected chi connectivity index (χ0v) is 12.8. The van der Waals surface area contributed by atoms with E-state index in [1.54, 1.807) is 0 Å². The Labute approximate surface area is 113 Å². The van der Waals surface area contributed by atoms with E-state index in [2.05, 4.69) is 39.9 Å². The maximum atomic E-state index is 6.01. The zero-order valence-electron chi connectivity index (χ0n) is 12.8. The predicted octanol–water partition coefficient (Wildman–Crippen LogP) is 2.26. The molecule has 3 N–H and O–H groups in total. The third kappa shape index (κ3) is 3.94. The van der Waals surface area contributed by atoms with Crippen LogP contribution in [0, 0.1) is 23.7 Å². The van der Waals surface area contributed by atoms with Crippen molar-refractivity contribution in [3.05, 3.63) is 0 Å². The average Bonchev–Trinajstić information content (AvgIpc) is 2.81. The first kappa shape index (κ1) is 15.9. The van der Waals surface area contributed by atoms with E-state index in [9.17, 15) is 0 Å². The molecular weight excluding hydrogens is 224 g/mol. The van der Waals surface area contributed by atoms with Gasteiger partial charge in [0.2, 0.25) is 0 Å². The molecule has 0 spiro atoms. The minimum absolute atomic E-state index is 0.0263. The lowest BCUT2D eigenvalue weighted by Gasteiger charge is -2.38. The molecule has 18 heavy (non-hydrogen) atoms. The molecule has 3 heteroatoms. The molecule has 0 aromatic rings. The first-order valence-electron chi connectivity index (χ1n) is 7.43. The minimum Gasteiger partial charge on any atom is -0.381 e. The van der Waals surface area contributed by atoms with Gasteiger partial charge in [-0.3, -0.25) is 0 Å². The molecule has 0 bridgehead atoms. The number of hydrogen-bond acceptors (Lipinski definition) is 3.